The zero-order valence-corrected chi connectivity index (χ0v) is 7.33. The van der Waals surface area contributed by atoms with E-state index < -0.39 is 11.5 Å². The van der Waals surface area contributed by atoms with Crippen LogP contribution in [0, 0.1) is 6.92 Å². The number of carbonyl (C=O) groups is 1. The number of rotatable bonds is 1. The molecule has 0 bridgehead atoms. The van der Waals surface area contributed by atoms with Crippen molar-refractivity contribution >= 4 is 16.9 Å². The van der Waals surface area contributed by atoms with Crippen molar-refractivity contribution in [2.24, 2.45) is 0 Å². The summed E-state index contributed by atoms with van der Waals surface area (Å²) in [5.74, 6) is -1.11. The van der Waals surface area contributed by atoms with Gasteiger partial charge in [0.05, 0.1) is 5.39 Å². The minimum absolute atomic E-state index is 0.00153. The van der Waals surface area contributed by atoms with E-state index in [0.717, 1.165) is 0 Å². The SMILES string of the molecule is Cc1cc(C(=O)O)c2o[nH]c(=O)c2c1. The van der Waals surface area contributed by atoms with Crippen molar-refractivity contribution in [1.82, 2.24) is 5.16 Å². The first-order valence-electron chi connectivity index (χ1n) is 3.94. The highest BCUT2D eigenvalue weighted by atomic mass is 16.5. The summed E-state index contributed by atoms with van der Waals surface area (Å²) < 4.78 is 4.78. The molecule has 1 aromatic heterocycles. The zero-order chi connectivity index (χ0) is 10.3. The Bertz CT molecular complexity index is 564. The predicted octanol–water partition coefficient (Wildman–Crippen LogP) is 1.13. The van der Waals surface area contributed by atoms with Gasteiger partial charge in [-0.3, -0.25) is 4.79 Å². The molecule has 1 heterocycles. The van der Waals surface area contributed by atoms with E-state index in [-0.39, 0.29) is 16.5 Å². The van der Waals surface area contributed by atoms with E-state index in [1.165, 1.54) is 6.07 Å². The van der Waals surface area contributed by atoms with Crippen molar-refractivity contribution in [3.63, 3.8) is 0 Å². The molecule has 0 atom stereocenters. The summed E-state index contributed by atoms with van der Waals surface area (Å²) in [6, 6.07) is 3.05. The van der Waals surface area contributed by atoms with Crippen LogP contribution in [0.4, 0.5) is 0 Å². The number of nitrogens with one attached hydrogen (secondary N) is 1. The molecule has 5 heteroatoms. The number of aromatic nitrogens is 1. The second-order valence-electron chi connectivity index (χ2n) is 3.03. The number of fused-ring (bicyclic) bond motifs is 1. The maximum absolute atomic E-state index is 11.2. The van der Waals surface area contributed by atoms with Crippen LogP contribution in [0.3, 0.4) is 0 Å². The summed E-state index contributed by atoms with van der Waals surface area (Å²) in [7, 11) is 0. The van der Waals surface area contributed by atoms with E-state index in [1.807, 2.05) is 0 Å². The topological polar surface area (TPSA) is 83.3 Å². The van der Waals surface area contributed by atoms with Gasteiger partial charge in [-0.1, -0.05) is 0 Å². The number of carboxylic acids is 1. The average Bonchev–Trinajstić information content (AvgIpc) is 2.47. The lowest BCUT2D eigenvalue weighted by atomic mass is 10.1. The van der Waals surface area contributed by atoms with Crippen molar-refractivity contribution in [2.75, 3.05) is 0 Å². The van der Waals surface area contributed by atoms with Crippen molar-refractivity contribution in [3.8, 4) is 0 Å². The van der Waals surface area contributed by atoms with Gasteiger partial charge in [-0.2, -0.15) is 5.16 Å². The number of aromatic amines is 1. The molecular weight excluding hydrogens is 186 g/mol. The molecule has 0 amide bonds. The minimum Gasteiger partial charge on any atom is -0.478 e. The van der Waals surface area contributed by atoms with Gasteiger partial charge in [0.2, 0.25) is 0 Å². The number of carboxylic acid groups (broad SMARTS) is 1. The smallest absolute Gasteiger partial charge is 0.339 e. The van der Waals surface area contributed by atoms with Gasteiger partial charge >= 0.3 is 5.97 Å². The van der Waals surface area contributed by atoms with E-state index in [0.29, 0.717) is 5.56 Å². The van der Waals surface area contributed by atoms with Crippen LogP contribution >= 0.6 is 0 Å². The maximum Gasteiger partial charge on any atom is 0.339 e. The Morgan fingerprint density at radius 1 is 1.50 bits per heavy atom. The zero-order valence-electron chi connectivity index (χ0n) is 7.33. The largest absolute Gasteiger partial charge is 0.478 e. The molecule has 0 unspecified atom stereocenters. The molecular formula is C9H7NO4. The lowest BCUT2D eigenvalue weighted by Gasteiger charge is -1.96. The maximum atomic E-state index is 11.2. The Balaban J connectivity index is 2.95. The van der Waals surface area contributed by atoms with Gasteiger partial charge in [0.15, 0.2) is 5.58 Å². The van der Waals surface area contributed by atoms with Crippen LogP contribution in [0.15, 0.2) is 21.5 Å². The third-order valence-corrected chi connectivity index (χ3v) is 1.95. The van der Waals surface area contributed by atoms with Crippen LogP contribution in [0.25, 0.3) is 11.0 Å². The van der Waals surface area contributed by atoms with Gasteiger partial charge in [-0.25, -0.2) is 4.79 Å². The Morgan fingerprint density at radius 3 is 2.86 bits per heavy atom. The van der Waals surface area contributed by atoms with Crippen LogP contribution in [0.1, 0.15) is 15.9 Å². The van der Waals surface area contributed by atoms with Crippen LogP contribution < -0.4 is 5.56 Å². The van der Waals surface area contributed by atoms with Gasteiger partial charge in [-0.05, 0) is 24.6 Å². The van der Waals surface area contributed by atoms with Crippen LogP contribution in [0.2, 0.25) is 0 Å². The van der Waals surface area contributed by atoms with E-state index in [4.69, 9.17) is 9.63 Å². The lowest BCUT2D eigenvalue weighted by Crippen LogP contribution is -2.00. The first kappa shape index (κ1) is 8.55. The summed E-state index contributed by atoms with van der Waals surface area (Å²) in [4.78, 5) is 22.0. The second kappa shape index (κ2) is 2.73. The molecule has 0 aliphatic carbocycles. The summed E-state index contributed by atoms with van der Waals surface area (Å²) in [5, 5.41) is 11.2. The first-order chi connectivity index (χ1) is 6.59. The van der Waals surface area contributed by atoms with Gasteiger partial charge in [0.25, 0.3) is 5.56 Å². The molecule has 0 fully saturated rings. The summed E-state index contributed by atoms with van der Waals surface area (Å²) >= 11 is 0. The Morgan fingerprint density at radius 2 is 2.21 bits per heavy atom. The quantitative estimate of drug-likeness (QED) is 0.711. The van der Waals surface area contributed by atoms with E-state index in [1.54, 1.807) is 13.0 Å². The fourth-order valence-corrected chi connectivity index (χ4v) is 1.36. The van der Waals surface area contributed by atoms with Crippen molar-refractivity contribution < 1.29 is 14.4 Å². The Labute approximate surface area is 77.9 Å². The first-order valence-corrected chi connectivity index (χ1v) is 3.94. The monoisotopic (exact) mass is 193 g/mol. The molecule has 2 aromatic rings. The third-order valence-electron chi connectivity index (χ3n) is 1.95. The Kier molecular flexibility index (Phi) is 1.67. The predicted molar refractivity (Wildman–Crippen MR) is 48.5 cm³/mol. The molecule has 1 aromatic carbocycles. The lowest BCUT2D eigenvalue weighted by molar-refractivity contribution is 0.0697. The van der Waals surface area contributed by atoms with Crippen molar-refractivity contribution in [1.29, 1.82) is 0 Å². The van der Waals surface area contributed by atoms with E-state index >= 15 is 0 Å². The third kappa shape index (κ3) is 1.10. The fourth-order valence-electron chi connectivity index (χ4n) is 1.36. The second-order valence-corrected chi connectivity index (χ2v) is 3.03. The number of hydrogen-bond acceptors (Lipinski definition) is 3. The highest BCUT2D eigenvalue weighted by Gasteiger charge is 2.14. The summed E-state index contributed by atoms with van der Waals surface area (Å²) in [6.45, 7) is 1.72. The van der Waals surface area contributed by atoms with Crippen LogP contribution in [0.5, 0.6) is 0 Å². The molecule has 14 heavy (non-hydrogen) atoms. The van der Waals surface area contributed by atoms with E-state index in [9.17, 15) is 9.59 Å². The summed E-state index contributed by atoms with van der Waals surface area (Å²) in [5.41, 5.74) is 0.388. The minimum atomic E-state index is -1.11. The molecule has 72 valence electrons. The molecule has 0 saturated carbocycles. The van der Waals surface area contributed by atoms with Gasteiger partial charge in [-0.15, -0.1) is 0 Å². The summed E-state index contributed by atoms with van der Waals surface area (Å²) in [6.07, 6.45) is 0. The normalized spacial score (nSPS) is 10.6. The standard InChI is InChI=1S/C9H7NO4/c1-4-2-5-7(14-10-8(5)11)6(3-4)9(12)13/h2-3H,1H3,(H,10,11)(H,12,13). The number of aryl methyl sites for hydroxylation is 1. The van der Waals surface area contributed by atoms with Gasteiger partial charge in [0, 0.05) is 0 Å². The fraction of sp³-hybridized carbons (Fsp3) is 0.111. The van der Waals surface area contributed by atoms with Crippen molar-refractivity contribution in [3.05, 3.63) is 33.6 Å². The average molecular weight is 193 g/mol. The number of aromatic carboxylic acids is 1. The van der Waals surface area contributed by atoms with Crippen molar-refractivity contribution in [2.45, 2.75) is 6.92 Å². The molecule has 0 aliphatic rings. The van der Waals surface area contributed by atoms with Gasteiger partial charge < -0.3 is 9.63 Å². The highest BCUT2D eigenvalue weighted by Crippen LogP contribution is 2.17. The highest BCUT2D eigenvalue weighted by molar-refractivity contribution is 6.00. The molecule has 5 nitrogen and oxygen atoms in total. The van der Waals surface area contributed by atoms with E-state index in [2.05, 4.69) is 5.16 Å². The Hall–Kier alpha value is -2.04. The molecule has 0 spiro atoms. The molecule has 0 aliphatic heterocycles. The molecule has 0 saturated heterocycles. The molecule has 2 rings (SSSR count). The number of H-pyrrole nitrogens is 1. The number of benzene rings is 1. The van der Waals surface area contributed by atoms with Crippen LogP contribution in [-0.4, -0.2) is 16.2 Å². The molecule has 2 N–H and O–H groups in total. The molecule has 0 radical (unpaired) electrons. The van der Waals surface area contributed by atoms with Gasteiger partial charge in [0.1, 0.15) is 5.56 Å². The van der Waals surface area contributed by atoms with Crippen LogP contribution in [-0.2, 0) is 0 Å². The number of hydrogen-bond donors (Lipinski definition) is 2.